The molecule has 0 saturated carbocycles. The molecule has 4 aromatic rings. The summed E-state index contributed by atoms with van der Waals surface area (Å²) in [5.74, 6) is 1.62. The summed E-state index contributed by atoms with van der Waals surface area (Å²) in [6, 6.07) is 25.7. The van der Waals surface area contributed by atoms with E-state index in [-0.39, 0.29) is 0 Å². The number of hydrogen-bond donors (Lipinski definition) is 1. The van der Waals surface area contributed by atoms with E-state index < -0.39 is 0 Å². The predicted molar refractivity (Wildman–Crippen MR) is 125 cm³/mol. The number of methoxy groups -OCH3 is 1. The fraction of sp³-hybridized carbons (Fsp3) is 0.120. The first-order chi connectivity index (χ1) is 14.7. The van der Waals surface area contributed by atoms with Crippen LogP contribution in [0.1, 0.15) is 11.1 Å². The molecule has 0 amide bonds. The fourth-order valence-electron chi connectivity index (χ4n) is 3.35. The summed E-state index contributed by atoms with van der Waals surface area (Å²) in [6.07, 6.45) is 0. The summed E-state index contributed by atoms with van der Waals surface area (Å²) >= 11 is 12.6. The van der Waals surface area contributed by atoms with Crippen molar-refractivity contribution < 1.29 is 9.47 Å². The number of hydrogen-bond acceptors (Lipinski definition) is 3. The van der Waals surface area contributed by atoms with Gasteiger partial charge in [0, 0.05) is 33.4 Å². The molecule has 0 bridgehead atoms. The van der Waals surface area contributed by atoms with Gasteiger partial charge in [0.1, 0.15) is 18.1 Å². The van der Waals surface area contributed by atoms with E-state index in [1.54, 1.807) is 7.11 Å². The second-order valence-electron chi connectivity index (χ2n) is 6.83. The highest BCUT2D eigenvalue weighted by molar-refractivity contribution is 6.35. The Bertz CT molecular complexity index is 1140. The second-order valence-corrected chi connectivity index (χ2v) is 7.65. The van der Waals surface area contributed by atoms with Crippen molar-refractivity contribution in [2.75, 3.05) is 12.4 Å². The molecule has 0 aliphatic heterocycles. The normalized spacial score (nSPS) is 10.8. The molecule has 4 rings (SSSR count). The van der Waals surface area contributed by atoms with Crippen molar-refractivity contribution in [3.8, 4) is 11.5 Å². The maximum atomic E-state index is 6.31. The molecule has 4 aromatic carbocycles. The van der Waals surface area contributed by atoms with Crippen molar-refractivity contribution in [2.24, 2.45) is 0 Å². The minimum Gasteiger partial charge on any atom is -0.497 e. The highest BCUT2D eigenvalue weighted by Crippen LogP contribution is 2.32. The van der Waals surface area contributed by atoms with Crippen LogP contribution in [0.15, 0.2) is 78.9 Å². The fourth-order valence-corrected chi connectivity index (χ4v) is 3.86. The molecule has 0 heterocycles. The maximum absolute atomic E-state index is 6.31. The predicted octanol–water partition coefficient (Wildman–Crippen LogP) is 7.35. The zero-order chi connectivity index (χ0) is 20.9. The number of halogens is 2. The molecule has 0 radical (unpaired) electrons. The third kappa shape index (κ3) is 4.48. The van der Waals surface area contributed by atoms with Crippen LogP contribution in [-0.2, 0) is 13.2 Å². The van der Waals surface area contributed by atoms with Gasteiger partial charge in [0.05, 0.1) is 7.11 Å². The Labute approximate surface area is 186 Å². The van der Waals surface area contributed by atoms with E-state index in [1.165, 1.54) is 0 Å². The van der Waals surface area contributed by atoms with Crippen molar-refractivity contribution in [1.29, 1.82) is 0 Å². The summed E-state index contributed by atoms with van der Waals surface area (Å²) in [7, 11) is 1.66. The Morgan fingerprint density at radius 1 is 0.767 bits per heavy atom. The van der Waals surface area contributed by atoms with Gasteiger partial charge in [0.15, 0.2) is 0 Å². The van der Waals surface area contributed by atoms with Crippen LogP contribution >= 0.6 is 23.2 Å². The van der Waals surface area contributed by atoms with Crippen molar-refractivity contribution in [3.05, 3.63) is 100 Å². The average Bonchev–Trinajstić information content (AvgIpc) is 2.78. The SMILES string of the molecule is COc1ccc(NCc2c(OCc3c(Cl)cccc3Cl)ccc3ccccc23)cc1. The van der Waals surface area contributed by atoms with E-state index in [0.717, 1.165) is 39.1 Å². The summed E-state index contributed by atoms with van der Waals surface area (Å²) in [6.45, 7) is 0.908. The molecule has 30 heavy (non-hydrogen) atoms. The van der Waals surface area contributed by atoms with E-state index in [2.05, 4.69) is 23.5 Å². The Morgan fingerprint density at radius 2 is 1.50 bits per heavy atom. The first-order valence-corrected chi connectivity index (χ1v) is 10.4. The smallest absolute Gasteiger partial charge is 0.125 e. The van der Waals surface area contributed by atoms with Gasteiger partial charge in [-0.1, -0.05) is 59.6 Å². The minimum absolute atomic E-state index is 0.298. The number of ether oxygens (including phenoxy) is 2. The van der Waals surface area contributed by atoms with Gasteiger partial charge in [-0.05, 0) is 53.2 Å². The Hall–Kier alpha value is -2.88. The quantitative estimate of drug-likeness (QED) is 0.327. The van der Waals surface area contributed by atoms with Crippen LogP contribution in [0.25, 0.3) is 10.8 Å². The van der Waals surface area contributed by atoms with Gasteiger partial charge in [0.2, 0.25) is 0 Å². The summed E-state index contributed by atoms with van der Waals surface area (Å²) in [5.41, 5.74) is 2.86. The van der Waals surface area contributed by atoms with E-state index in [4.69, 9.17) is 32.7 Å². The molecule has 3 nitrogen and oxygen atoms in total. The molecule has 0 aromatic heterocycles. The lowest BCUT2D eigenvalue weighted by molar-refractivity contribution is 0.304. The molecule has 5 heteroatoms. The van der Waals surface area contributed by atoms with E-state index in [0.29, 0.717) is 23.2 Å². The lowest BCUT2D eigenvalue weighted by atomic mass is 10.0. The number of rotatable bonds is 7. The third-order valence-corrected chi connectivity index (χ3v) is 5.70. The molecule has 1 N–H and O–H groups in total. The van der Waals surface area contributed by atoms with Gasteiger partial charge in [-0.25, -0.2) is 0 Å². The Balaban J connectivity index is 1.62. The standard InChI is InChI=1S/C25H21Cl2NO2/c1-29-19-12-10-18(11-13-19)28-15-21-20-6-3-2-5-17(20)9-14-25(21)30-16-22-23(26)7-4-8-24(22)27/h2-14,28H,15-16H2,1H3. The average molecular weight is 438 g/mol. The molecule has 0 aliphatic rings. The van der Waals surface area contributed by atoms with E-state index >= 15 is 0 Å². The highest BCUT2D eigenvalue weighted by Gasteiger charge is 2.12. The number of benzene rings is 4. The van der Waals surface area contributed by atoms with Gasteiger partial charge in [-0.15, -0.1) is 0 Å². The van der Waals surface area contributed by atoms with Crippen LogP contribution in [-0.4, -0.2) is 7.11 Å². The molecule has 0 spiro atoms. The molecule has 0 unspecified atom stereocenters. The molecule has 152 valence electrons. The molecule has 0 saturated heterocycles. The molecular formula is C25H21Cl2NO2. The van der Waals surface area contributed by atoms with Crippen LogP contribution in [0.5, 0.6) is 11.5 Å². The van der Waals surface area contributed by atoms with Crippen LogP contribution in [0.4, 0.5) is 5.69 Å². The zero-order valence-electron chi connectivity index (χ0n) is 16.5. The molecule has 0 atom stereocenters. The van der Waals surface area contributed by atoms with Crippen molar-refractivity contribution in [3.63, 3.8) is 0 Å². The van der Waals surface area contributed by atoms with Crippen LogP contribution < -0.4 is 14.8 Å². The zero-order valence-corrected chi connectivity index (χ0v) is 18.0. The van der Waals surface area contributed by atoms with Crippen molar-refractivity contribution >= 4 is 39.7 Å². The summed E-state index contributed by atoms with van der Waals surface area (Å²) < 4.78 is 11.4. The van der Waals surface area contributed by atoms with Crippen molar-refractivity contribution in [1.82, 2.24) is 0 Å². The Kier molecular flexibility index (Phi) is 6.32. The maximum Gasteiger partial charge on any atom is 0.125 e. The summed E-state index contributed by atoms with van der Waals surface area (Å²) in [5, 5.41) is 6.97. The van der Waals surface area contributed by atoms with Gasteiger partial charge in [0.25, 0.3) is 0 Å². The number of anilines is 1. The lowest BCUT2D eigenvalue weighted by Gasteiger charge is -2.17. The topological polar surface area (TPSA) is 30.5 Å². The van der Waals surface area contributed by atoms with Crippen LogP contribution in [0.2, 0.25) is 10.0 Å². The molecule has 0 fully saturated rings. The van der Waals surface area contributed by atoms with Gasteiger partial charge in [-0.2, -0.15) is 0 Å². The van der Waals surface area contributed by atoms with Crippen LogP contribution in [0.3, 0.4) is 0 Å². The molecule has 0 aliphatic carbocycles. The van der Waals surface area contributed by atoms with Gasteiger partial charge < -0.3 is 14.8 Å². The van der Waals surface area contributed by atoms with Crippen molar-refractivity contribution in [2.45, 2.75) is 13.2 Å². The first kappa shape index (κ1) is 20.4. The van der Waals surface area contributed by atoms with E-state index in [9.17, 15) is 0 Å². The number of fused-ring (bicyclic) bond motifs is 1. The Morgan fingerprint density at radius 3 is 2.23 bits per heavy atom. The van der Waals surface area contributed by atoms with E-state index in [1.807, 2.05) is 60.7 Å². The van der Waals surface area contributed by atoms with Gasteiger partial charge >= 0.3 is 0 Å². The highest BCUT2D eigenvalue weighted by atomic mass is 35.5. The second kappa shape index (κ2) is 9.29. The largest absolute Gasteiger partial charge is 0.497 e. The third-order valence-electron chi connectivity index (χ3n) is 4.99. The lowest BCUT2D eigenvalue weighted by Crippen LogP contribution is -2.05. The monoisotopic (exact) mass is 437 g/mol. The van der Waals surface area contributed by atoms with Crippen LogP contribution in [0, 0.1) is 0 Å². The first-order valence-electron chi connectivity index (χ1n) is 9.60. The number of nitrogens with one attached hydrogen (secondary N) is 1. The minimum atomic E-state index is 0.298. The molecular weight excluding hydrogens is 417 g/mol. The van der Waals surface area contributed by atoms with Gasteiger partial charge in [-0.3, -0.25) is 0 Å². The summed E-state index contributed by atoms with van der Waals surface area (Å²) in [4.78, 5) is 0.